The van der Waals surface area contributed by atoms with Crippen LogP contribution < -0.4 is 10.2 Å². The first-order valence-electron chi connectivity index (χ1n) is 8.25. The van der Waals surface area contributed by atoms with E-state index in [-0.39, 0.29) is 12.3 Å². The van der Waals surface area contributed by atoms with Gasteiger partial charge in [0.1, 0.15) is 0 Å². The summed E-state index contributed by atoms with van der Waals surface area (Å²) in [7, 11) is 0. The fourth-order valence-electron chi connectivity index (χ4n) is 3.51. The van der Waals surface area contributed by atoms with Crippen molar-refractivity contribution in [2.45, 2.75) is 23.5 Å². The summed E-state index contributed by atoms with van der Waals surface area (Å²) in [6.45, 7) is 1.90. The highest BCUT2D eigenvalue weighted by Gasteiger charge is 2.62. The van der Waals surface area contributed by atoms with Gasteiger partial charge in [0.25, 0.3) is 5.91 Å². The monoisotopic (exact) mass is 402 g/mol. The molecule has 2 heterocycles. The molecule has 2 aromatic carbocycles. The number of rotatable bonds is 3. The Hall–Kier alpha value is -2.51. The zero-order chi connectivity index (χ0) is 19.3. The number of carbonyl (C=O) groups excluding carboxylic acids is 2. The summed E-state index contributed by atoms with van der Waals surface area (Å²) in [5, 5.41) is 11.7. The summed E-state index contributed by atoms with van der Waals surface area (Å²) in [6.07, 6.45) is -0.357. The zero-order valence-corrected chi connectivity index (χ0v) is 15.8. The van der Waals surface area contributed by atoms with E-state index in [4.69, 9.17) is 11.6 Å². The third kappa shape index (κ3) is 2.69. The van der Waals surface area contributed by atoms with Gasteiger partial charge >= 0.3 is 5.97 Å². The van der Waals surface area contributed by atoms with Gasteiger partial charge in [-0.2, -0.15) is 0 Å². The molecule has 4 rings (SSSR count). The van der Waals surface area contributed by atoms with Gasteiger partial charge in [-0.3, -0.25) is 19.3 Å². The van der Waals surface area contributed by atoms with Gasteiger partial charge in [0.05, 0.1) is 11.7 Å². The molecule has 2 unspecified atom stereocenters. The third-order valence-corrected chi connectivity index (χ3v) is 6.50. The second kappa shape index (κ2) is 6.28. The van der Waals surface area contributed by atoms with Crippen molar-refractivity contribution in [1.29, 1.82) is 0 Å². The molecule has 2 aromatic rings. The van der Waals surface area contributed by atoms with E-state index in [1.165, 1.54) is 4.90 Å². The number of thioether (sulfide) groups is 1. The van der Waals surface area contributed by atoms with Gasteiger partial charge in [-0.05, 0) is 37.3 Å². The Morgan fingerprint density at radius 2 is 1.96 bits per heavy atom. The predicted octanol–water partition coefficient (Wildman–Crippen LogP) is 3.38. The lowest BCUT2D eigenvalue weighted by Crippen LogP contribution is -2.47. The SMILES string of the molecule is Cc1ccc2c(c1)C1(SC(CC(=O)O)C(=O)N1c1ccc(Cl)cc1)C(=O)N2. The van der Waals surface area contributed by atoms with Crippen LogP contribution in [0.5, 0.6) is 0 Å². The number of hydrogen-bond acceptors (Lipinski definition) is 4. The van der Waals surface area contributed by atoms with Crippen LogP contribution in [-0.4, -0.2) is 28.1 Å². The second-order valence-electron chi connectivity index (χ2n) is 6.50. The first-order chi connectivity index (χ1) is 12.8. The number of halogens is 1. The smallest absolute Gasteiger partial charge is 0.305 e. The Morgan fingerprint density at radius 3 is 2.63 bits per heavy atom. The lowest BCUT2D eigenvalue weighted by Gasteiger charge is -2.32. The Morgan fingerprint density at radius 1 is 1.26 bits per heavy atom. The van der Waals surface area contributed by atoms with Crippen molar-refractivity contribution in [2.75, 3.05) is 10.2 Å². The summed E-state index contributed by atoms with van der Waals surface area (Å²) >= 11 is 7.04. The van der Waals surface area contributed by atoms with Crippen molar-refractivity contribution in [2.24, 2.45) is 0 Å². The largest absolute Gasteiger partial charge is 0.481 e. The predicted molar refractivity (Wildman–Crippen MR) is 104 cm³/mol. The number of benzene rings is 2. The highest BCUT2D eigenvalue weighted by Crippen LogP contribution is 2.56. The Kier molecular flexibility index (Phi) is 4.16. The number of aryl methyl sites for hydroxylation is 1. The average molecular weight is 403 g/mol. The van der Waals surface area contributed by atoms with Crippen LogP contribution in [-0.2, 0) is 19.3 Å². The van der Waals surface area contributed by atoms with E-state index in [1.54, 1.807) is 30.3 Å². The van der Waals surface area contributed by atoms with E-state index < -0.39 is 22.0 Å². The van der Waals surface area contributed by atoms with Gasteiger partial charge in [-0.1, -0.05) is 29.3 Å². The molecule has 2 aliphatic heterocycles. The Bertz CT molecular complexity index is 978. The van der Waals surface area contributed by atoms with Crippen LogP contribution in [0.1, 0.15) is 17.5 Å². The molecule has 0 aromatic heterocycles. The minimum Gasteiger partial charge on any atom is -0.481 e. The molecule has 27 heavy (non-hydrogen) atoms. The van der Waals surface area contributed by atoms with Gasteiger partial charge in [-0.25, -0.2) is 0 Å². The quantitative estimate of drug-likeness (QED) is 0.821. The summed E-state index contributed by atoms with van der Waals surface area (Å²) in [5.74, 6) is -1.85. The van der Waals surface area contributed by atoms with Crippen molar-refractivity contribution < 1.29 is 19.5 Å². The van der Waals surface area contributed by atoms with Gasteiger partial charge in [0.2, 0.25) is 10.8 Å². The molecule has 0 radical (unpaired) electrons. The van der Waals surface area contributed by atoms with E-state index >= 15 is 0 Å². The molecule has 2 N–H and O–H groups in total. The highest BCUT2D eigenvalue weighted by molar-refractivity contribution is 8.03. The van der Waals surface area contributed by atoms with E-state index in [0.717, 1.165) is 17.3 Å². The van der Waals surface area contributed by atoms with Crippen LogP contribution >= 0.6 is 23.4 Å². The summed E-state index contributed by atoms with van der Waals surface area (Å²) < 4.78 is 0. The van der Waals surface area contributed by atoms with Crippen LogP contribution in [0.4, 0.5) is 11.4 Å². The number of fused-ring (bicyclic) bond motifs is 2. The maximum atomic E-state index is 13.2. The number of hydrogen-bond donors (Lipinski definition) is 2. The van der Waals surface area contributed by atoms with Crippen LogP contribution in [0, 0.1) is 6.92 Å². The number of anilines is 2. The molecule has 1 fully saturated rings. The Balaban J connectivity index is 1.92. The minimum absolute atomic E-state index is 0.357. The Labute approximate surface area is 164 Å². The molecule has 0 aliphatic carbocycles. The maximum absolute atomic E-state index is 13.2. The van der Waals surface area contributed by atoms with Gasteiger partial charge in [-0.15, -0.1) is 11.8 Å². The maximum Gasteiger partial charge on any atom is 0.305 e. The average Bonchev–Trinajstić information content (AvgIpc) is 3.04. The first kappa shape index (κ1) is 17.9. The van der Waals surface area contributed by atoms with Crippen LogP contribution in [0.3, 0.4) is 0 Å². The molecule has 138 valence electrons. The minimum atomic E-state index is -1.34. The van der Waals surface area contributed by atoms with Crippen molar-refractivity contribution in [3.05, 3.63) is 58.6 Å². The zero-order valence-electron chi connectivity index (χ0n) is 14.2. The number of carboxylic acid groups (broad SMARTS) is 1. The van der Waals surface area contributed by atoms with Crippen molar-refractivity contribution in [1.82, 2.24) is 0 Å². The summed E-state index contributed by atoms with van der Waals surface area (Å²) in [5.41, 5.74) is 2.72. The summed E-state index contributed by atoms with van der Waals surface area (Å²) in [6, 6.07) is 12.1. The molecule has 0 saturated carbocycles. The molecule has 2 atom stereocenters. The number of amides is 2. The van der Waals surface area contributed by atoms with E-state index in [1.807, 2.05) is 19.1 Å². The van der Waals surface area contributed by atoms with Crippen molar-refractivity contribution >= 4 is 52.5 Å². The molecule has 2 aliphatic rings. The van der Waals surface area contributed by atoms with Gasteiger partial charge < -0.3 is 10.4 Å². The van der Waals surface area contributed by atoms with E-state index in [2.05, 4.69) is 5.32 Å². The molecular weight excluding hydrogens is 388 g/mol. The van der Waals surface area contributed by atoms with Gasteiger partial charge in [0.15, 0.2) is 0 Å². The van der Waals surface area contributed by atoms with Crippen molar-refractivity contribution in [3.63, 3.8) is 0 Å². The van der Waals surface area contributed by atoms with Crippen LogP contribution in [0.15, 0.2) is 42.5 Å². The lowest BCUT2D eigenvalue weighted by molar-refractivity contribution is -0.138. The first-order valence-corrected chi connectivity index (χ1v) is 9.50. The topological polar surface area (TPSA) is 86.7 Å². The molecule has 1 saturated heterocycles. The molecule has 6 nitrogen and oxygen atoms in total. The number of nitrogens with zero attached hydrogens (tertiary/aromatic N) is 1. The standard InChI is InChI=1S/C19H15ClN2O4S/c1-10-2-7-14-13(8-10)19(18(26)21-14)22(12-5-3-11(20)4-6-12)17(25)15(27-19)9-16(23)24/h2-8,15H,9H2,1H3,(H,21,26)(H,23,24). The van der Waals surface area contributed by atoms with Crippen LogP contribution in [0.2, 0.25) is 5.02 Å². The van der Waals surface area contributed by atoms with Crippen LogP contribution in [0.25, 0.3) is 0 Å². The number of carboxylic acids is 1. The van der Waals surface area contributed by atoms with Gasteiger partial charge in [0, 0.05) is 22.0 Å². The van der Waals surface area contributed by atoms with E-state index in [9.17, 15) is 19.5 Å². The highest BCUT2D eigenvalue weighted by atomic mass is 35.5. The fourth-order valence-corrected chi connectivity index (χ4v) is 5.24. The number of aliphatic carboxylic acids is 1. The molecule has 8 heteroatoms. The number of carbonyl (C=O) groups is 3. The molecule has 2 amide bonds. The molecule has 0 bridgehead atoms. The lowest BCUT2D eigenvalue weighted by atomic mass is 10.0. The summed E-state index contributed by atoms with van der Waals surface area (Å²) in [4.78, 5) is 37.6. The number of nitrogens with one attached hydrogen (secondary N) is 1. The fraction of sp³-hybridized carbons (Fsp3) is 0.211. The third-order valence-electron chi connectivity index (χ3n) is 4.66. The molecule has 1 spiro atoms. The normalized spacial score (nSPS) is 23.6. The van der Waals surface area contributed by atoms with E-state index in [0.29, 0.717) is 22.0 Å². The second-order valence-corrected chi connectivity index (χ2v) is 8.33. The molecular formula is C19H15ClN2O4S. The van der Waals surface area contributed by atoms with Crippen molar-refractivity contribution in [3.8, 4) is 0 Å².